The van der Waals surface area contributed by atoms with E-state index in [1.165, 1.54) is 0 Å². The van der Waals surface area contributed by atoms with Crippen molar-refractivity contribution >= 4 is 5.84 Å². The van der Waals surface area contributed by atoms with Gasteiger partial charge < -0.3 is 21.2 Å². The number of nitrogens with zero attached hydrogens (tertiary/aromatic N) is 2. The summed E-state index contributed by atoms with van der Waals surface area (Å²) in [5.74, 6) is -2.76. The van der Waals surface area contributed by atoms with Crippen LogP contribution in [0.5, 0.6) is 0 Å². The summed E-state index contributed by atoms with van der Waals surface area (Å²) in [4.78, 5) is 2.14. The Morgan fingerprint density at radius 3 is 2.74 bits per heavy atom. The van der Waals surface area contributed by atoms with E-state index in [1.54, 1.807) is 0 Å². The van der Waals surface area contributed by atoms with E-state index in [1.807, 2.05) is 7.05 Å². The Labute approximate surface area is 110 Å². The third-order valence-corrected chi connectivity index (χ3v) is 3.52. The number of alkyl halides is 3. The highest BCUT2D eigenvalue weighted by molar-refractivity contribution is 5.83. The van der Waals surface area contributed by atoms with Gasteiger partial charge in [0.1, 0.15) is 5.92 Å². The molecule has 112 valence electrons. The molecule has 0 aliphatic carbocycles. The molecule has 0 radical (unpaired) electrons. The fraction of sp³-hybridized carbons (Fsp3) is 0.909. The van der Waals surface area contributed by atoms with Crippen molar-refractivity contribution in [3.8, 4) is 0 Å². The molecule has 2 unspecified atom stereocenters. The summed E-state index contributed by atoms with van der Waals surface area (Å²) in [7, 11) is 1.97. The summed E-state index contributed by atoms with van der Waals surface area (Å²) in [6.07, 6.45) is -1.31. The van der Waals surface area contributed by atoms with Crippen molar-refractivity contribution in [2.75, 3.05) is 26.7 Å². The van der Waals surface area contributed by atoms with Crippen LogP contribution in [0.25, 0.3) is 0 Å². The van der Waals surface area contributed by atoms with Gasteiger partial charge in [-0.25, -0.2) is 0 Å². The average Bonchev–Trinajstić information content (AvgIpc) is 2.34. The molecule has 0 amide bonds. The van der Waals surface area contributed by atoms with Crippen LogP contribution in [0.15, 0.2) is 5.16 Å². The van der Waals surface area contributed by atoms with Crippen molar-refractivity contribution in [2.24, 2.45) is 16.8 Å². The molecule has 4 N–H and O–H groups in total. The standard InChI is InChI=1S/C11H21F3N4O/c1-18-5-3-2-4-8(18)6-16-7-9(10(15)17-19)11(12,13)14/h8-9,16,19H,2-7H2,1H3,(H2,15,17). The lowest BCUT2D eigenvalue weighted by Gasteiger charge is -2.33. The maximum absolute atomic E-state index is 12.7. The number of likely N-dealkylation sites (N-methyl/N-ethyl adjacent to an activating group) is 1. The van der Waals surface area contributed by atoms with Gasteiger partial charge in [0, 0.05) is 19.1 Å². The minimum Gasteiger partial charge on any atom is -0.409 e. The molecule has 1 aliphatic heterocycles. The maximum Gasteiger partial charge on any atom is 0.400 e. The summed E-state index contributed by atoms with van der Waals surface area (Å²) >= 11 is 0. The molecular weight excluding hydrogens is 261 g/mol. The highest BCUT2D eigenvalue weighted by atomic mass is 19.4. The van der Waals surface area contributed by atoms with Gasteiger partial charge >= 0.3 is 6.18 Å². The van der Waals surface area contributed by atoms with E-state index in [-0.39, 0.29) is 12.6 Å². The summed E-state index contributed by atoms with van der Waals surface area (Å²) in [5, 5.41) is 13.6. The van der Waals surface area contributed by atoms with E-state index >= 15 is 0 Å². The number of hydrogen-bond acceptors (Lipinski definition) is 4. The van der Waals surface area contributed by atoms with Crippen LogP contribution in [0, 0.1) is 5.92 Å². The van der Waals surface area contributed by atoms with Crippen molar-refractivity contribution in [1.29, 1.82) is 0 Å². The van der Waals surface area contributed by atoms with Crippen LogP contribution in [0.4, 0.5) is 13.2 Å². The predicted octanol–water partition coefficient (Wildman–Crippen LogP) is 0.985. The molecule has 0 spiro atoms. The van der Waals surface area contributed by atoms with E-state index in [9.17, 15) is 13.2 Å². The van der Waals surface area contributed by atoms with E-state index in [4.69, 9.17) is 10.9 Å². The summed E-state index contributed by atoms with van der Waals surface area (Å²) in [6, 6.07) is 0.245. The Morgan fingerprint density at radius 1 is 1.53 bits per heavy atom. The molecule has 1 heterocycles. The van der Waals surface area contributed by atoms with E-state index in [0.717, 1.165) is 25.8 Å². The summed E-state index contributed by atoms with van der Waals surface area (Å²) in [5.41, 5.74) is 5.08. The van der Waals surface area contributed by atoms with Gasteiger partial charge in [-0.1, -0.05) is 11.6 Å². The minimum absolute atomic E-state index is 0.245. The topological polar surface area (TPSA) is 73.9 Å². The predicted molar refractivity (Wildman–Crippen MR) is 66.1 cm³/mol. The number of rotatable bonds is 5. The first-order valence-corrected chi connectivity index (χ1v) is 6.31. The van der Waals surface area contributed by atoms with Crippen LogP contribution >= 0.6 is 0 Å². The van der Waals surface area contributed by atoms with E-state index in [0.29, 0.717) is 6.54 Å². The SMILES string of the molecule is CN1CCCCC1CNCC(C(N)=NO)C(F)(F)F. The van der Waals surface area contributed by atoms with Crippen molar-refractivity contribution in [3.05, 3.63) is 0 Å². The molecule has 0 saturated carbocycles. The van der Waals surface area contributed by atoms with Gasteiger partial charge in [0.15, 0.2) is 5.84 Å². The third kappa shape index (κ3) is 4.87. The zero-order chi connectivity index (χ0) is 14.5. The first-order valence-electron chi connectivity index (χ1n) is 6.31. The second kappa shape index (κ2) is 6.95. The Morgan fingerprint density at radius 2 is 2.21 bits per heavy atom. The Hall–Kier alpha value is -1.02. The lowest BCUT2D eigenvalue weighted by Crippen LogP contribution is -2.47. The number of halogens is 3. The zero-order valence-electron chi connectivity index (χ0n) is 11.0. The van der Waals surface area contributed by atoms with Crippen LogP contribution in [0.1, 0.15) is 19.3 Å². The highest BCUT2D eigenvalue weighted by Gasteiger charge is 2.42. The highest BCUT2D eigenvalue weighted by Crippen LogP contribution is 2.26. The fourth-order valence-electron chi connectivity index (χ4n) is 2.25. The molecule has 5 nitrogen and oxygen atoms in total. The van der Waals surface area contributed by atoms with Crippen LogP contribution < -0.4 is 11.1 Å². The molecule has 0 aromatic heterocycles. The summed E-state index contributed by atoms with van der Waals surface area (Å²) in [6.45, 7) is 1.07. The Bertz CT molecular complexity index is 309. The van der Waals surface area contributed by atoms with Gasteiger partial charge in [0.2, 0.25) is 0 Å². The van der Waals surface area contributed by atoms with Crippen LogP contribution in [0.3, 0.4) is 0 Å². The molecule has 1 aliphatic rings. The van der Waals surface area contributed by atoms with Gasteiger partial charge in [0.25, 0.3) is 0 Å². The number of oxime groups is 1. The number of nitrogens with two attached hydrogens (primary N) is 1. The zero-order valence-corrected chi connectivity index (χ0v) is 11.0. The number of hydrogen-bond donors (Lipinski definition) is 3. The molecule has 1 rings (SSSR count). The molecule has 8 heteroatoms. The van der Waals surface area contributed by atoms with Crippen LogP contribution in [-0.4, -0.2) is 54.8 Å². The smallest absolute Gasteiger partial charge is 0.400 e. The van der Waals surface area contributed by atoms with Crippen molar-refractivity contribution in [3.63, 3.8) is 0 Å². The average molecular weight is 282 g/mol. The van der Waals surface area contributed by atoms with Gasteiger partial charge in [0.05, 0.1) is 0 Å². The maximum atomic E-state index is 12.7. The Kier molecular flexibility index (Phi) is 5.86. The number of likely N-dealkylation sites (tertiary alicyclic amines) is 1. The minimum atomic E-state index is -4.51. The first kappa shape index (κ1) is 16.0. The second-order valence-electron chi connectivity index (χ2n) is 4.91. The third-order valence-electron chi connectivity index (χ3n) is 3.52. The Balaban J connectivity index is 2.44. The molecule has 1 saturated heterocycles. The lowest BCUT2D eigenvalue weighted by atomic mass is 10.0. The quantitative estimate of drug-likeness (QED) is 0.304. The van der Waals surface area contributed by atoms with E-state index in [2.05, 4.69) is 15.4 Å². The molecule has 19 heavy (non-hydrogen) atoms. The van der Waals surface area contributed by atoms with Crippen LogP contribution in [0.2, 0.25) is 0 Å². The van der Waals surface area contributed by atoms with Crippen molar-refractivity contribution in [1.82, 2.24) is 10.2 Å². The first-order chi connectivity index (χ1) is 8.86. The molecule has 2 atom stereocenters. The summed E-state index contributed by atoms with van der Waals surface area (Å²) < 4.78 is 38.0. The molecule has 0 aromatic carbocycles. The van der Waals surface area contributed by atoms with Crippen molar-refractivity contribution in [2.45, 2.75) is 31.5 Å². The lowest BCUT2D eigenvalue weighted by molar-refractivity contribution is -0.155. The number of nitrogens with one attached hydrogen (secondary N) is 1. The van der Waals surface area contributed by atoms with Crippen molar-refractivity contribution < 1.29 is 18.4 Å². The van der Waals surface area contributed by atoms with Gasteiger partial charge in [-0.15, -0.1) is 0 Å². The normalized spacial score (nSPS) is 24.4. The molecule has 1 fully saturated rings. The second-order valence-corrected chi connectivity index (χ2v) is 4.91. The van der Waals surface area contributed by atoms with Crippen LogP contribution in [-0.2, 0) is 0 Å². The van der Waals surface area contributed by atoms with E-state index < -0.39 is 17.9 Å². The monoisotopic (exact) mass is 282 g/mol. The molecular formula is C11H21F3N4O. The number of amidine groups is 1. The molecule has 0 bridgehead atoms. The van der Waals surface area contributed by atoms with Gasteiger partial charge in [-0.2, -0.15) is 13.2 Å². The fourth-order valence-corrected chi connectivity index (χ4v) is 2.25. The van der Waals surface area contributed by atoms with Gasteiger partial charge in [-0.3, -0.25) is 0 Å². The molecule has 0 aromatic rings. The largest absolute Gasteiger partial charge is 0.409 e. The number of piperidine rings is 1. The van der Waals surface area contributed by atoms with Gasteiger partial charge in [-0.05, 0) is 26.4 Å².